The molecule has 0 aliphatic rings. The fourth-order valence-electron chi connectivity index (χ4n) is 1.05. The minimum atomic E-state index is -0.0877. The molecular formula is C8H15N3O. The van der Waals surface area contributed by atoms with Gasteiger partial charge in [0.15, 0.2) is 0 Å². The summed E-state index contributed by atoms with van der Waals surface area (Å²) in [5, 5.41) is 12.7. The Morgan fingerprint density at radius 3 is 3.00 bits per heavy atom. The molecule has 1 atom stereocenters. The molecule has 0 saturated heterocycles. The van der Waals surface area contributed by atoms with E-state index in [0.717, 1.165) is 12.1 Å². The first-order valence-corrected chi connectivity index (χ1v) is 4.16. The highest BCUT2D eigenvalue weighted by atomic mass is 16.3. The number of rotatable bonds is 4. The Labute approximate surface area is 72.0 Å². The fourth-order valence-corrected chi connectivity index (χ4v) is 1.05. The van der Waals surface area contributed by atoms with Gasteiger partial charge in [0.2, 0.25) is 0 Å². The van der Waals surface area contributed by atoms with Crippen LogP contribution >= 0.6 is 0 Å². The van der Waals surface area contributed by atoms with Crippen LogP contribution in [0.3, 0.4) is 0 Å². The van der Waals surface area contributed by atoms with Crippen molar-refractivity contribution in [1.29, 1.82) is 0 Å². The van der Waals surface area contributed by atoms with Crippen LogP contribution < -0.4 is 5.73 Å². The van der Waals surface area contributed by atoms with Crippen molar-refractivity contribution in [2.75, 3.05) is 6.61 Å². The number of aliphatic hydroxyl groups is 1. The Balaban J connectivity index is 2.61. The van der Waals surface area contributed by atoms with Crippen LogP contribution in [0.25, 0.3) is 0 Å². The number of nitrogens with zero attached hydrogens (tertiary/aromatic N) is 2. The van der Waals surface area contributed by atoms with Crippen molar-refractivity contribution < 1.29 is 5.11 Å². The summed E-state index contributed by atoms with van der Waals surface area (Å²) in [5.74, 6) is 0. The number of hydrogen-bond donors (Lipinski definition) is 2. The van der Waals surface area contributed by atoms with Crippen molar-refractivity contribution in [3.05, 3.63) is 18.0 Å². The van der Waals surface area contributed by atoms with E-state index < -0.39 is 0 Å². The minimum absolute atomic E-state index is 0.0877. The Morgan fingerprint density at radius 2 is 2.50 bits per heavy atom. The third kappa shape index (κ3) is 2.06. The van der Waals surface area contributed by atoms with Crippen molar-refractivity contribution in [3.8, 4) is 0 Å². The van der Waals surface area contributed by atoms with Gasteiger partial charge >= 0.3 is 0 Å². The third-order valence-electron chi connectivity index (χ3n) is 1.85. The van der Waals surface area contributed by atoms with E-state index in [2.05, 4.69) is 5.10 Å². The second kappa shape index (κ2) is 4.23. The van der Waals surface area contributed by atoms with E-state index >= 15 is 0 Å². The number of aliphatic hydroxyl groups excluding tert-OH is 1. The Morgan fingerprint density at radius 1 is 1.75 bits per heavy atom. The van der Waals surface area contributed by atoms with E-state index in [1.165, 1.54) is 0 Å². The molecule has 1 heterocycles. The van der Waals surface area contributed by atoms with Gasteiger partial charge in [0.25, 0.3) is 0 Å². The summed E-state index contributed by atoms with van der Waals surface area (Å²) in [5.41, 5.74) is 6.75. The van der Waals surface area contributed by atoms with E-state index in [0.29, 0.717) is 6.42 Å². The lowest BCUT2D eigenvalue weighted by molar-refractivity contribution is 0.276. The lowest BCUT2D eigenvalue weighted by atomic mass is 10.1. The molecule has 12 heavy (non-hydrogen) atoms. The summed E-state index contributed by atoms with van der Waals surface area (Å²) < 4.78 is 1.83. The maximum absolute atomic E-state index is 8.65. The summed E-state index contributed by atoms with van der Waals surface area (Å²) >= 11 is 0. The highest BCUT2D eigenvalue weighted by Gasteiger charge is 2.06. The lowest BCUT2D eigenvalue weighted by Gasteiger charge is -2.05. The van der Waals surface area contributed by atoms with E-state index in [-0.39, 0.29) is 12.6 Å². The normalized spacial score (nSPS) is 13.2. The van der Waals surface area contributed by atoms with Crippen molar-refractivity contribution in [1.82, 2.24) is 9.78 Å². The van der Waals surface area contributed by atoms with Gasteiger partial charge in [0, 0.05) is 31.0 Å². The molecule has 4 nitrogen and oxygen atoms in total. The molecular weight excluding hydrogens is 154 g/mol. The summed E-state index contributed by atoms with van der Waals surface area (Å²) in [7, 11) is 0. The van der Waals surface area contributed by atoms with E-state index in [1.54, 1.807) is 6.20 Å². The predicted octanol–water partition coefficient (Wildman–Crippen LogP) is 0.285. The van der Waals surface area contributed by atoms with Crippen molar-refractivity contribution in [2.24, 2.45) is 5.73 Å². The zero-order valence-electron chi connectivity index (χ0n) is 7.27. The third-order valence-corrected chi connectivity index (χ3v) is 1.85. The molecule has 0 aromatic carbocycles. The van der Waals surface area contributed by atoms with E-state index in [1.807, 2.05) is 17.8 Å². The minimum Gasteiger partial charge on any atom is -0.396 e. The van der Waals surface area contributed by atoms with Crippen LogP contribution in [0, 0.1) is 0 Å². The van der Waals surface area contributed by atoms with Gasteiger partial charge in [0.1, 0.15) is 0 Å². The number of aromatic nitrogens is 2. The molecule has 0 aliphatic carbocycles. The van der Waals surface area contributed by atoms with Gasteiger partial charge < -0.3 is 10.8 Å². The second-order valence-electron chi connectivity index (χ2n) is 2.75. The van der Waals surface area contributed by atoms with Crippen LogP contribution in [0.1, 0.15) is 24.9 Å². The van der Waals surface area contributed by atoms with Gasteiger partial charge in [-0.05, 0) is 13.3 Å². The van der Waals surface area contributed by atoms with Crippen LogP contribution in [0.4, 0.5) is 0 Å². The Kier molecular flexibility index (Phi) is 3.25. The predicted molar refractivity (Wildman–Crippen MR) is 46.5 cm³/mol. The van der Waals surface area contributed by atoms with Crippen molar-refractivity contribution in [2.45, 2.75) is 25.9 Å². The van der Waals surface area contributed by atoms with Crippen LogP contribution in [-0.2, 0) is 6.54 Å². The molecule has 0 spiro atoms. The van der Waals surface area contributed by atoms with Crippen LogP contribution in [0.15, 0.2) is 12.4 Å². The molecule has 1 aromatic heterocycles. The highest BCUT2D eigenvalue weighted by Crippen LogP contribution is 2.11. The molecule has 0 radical (unpaired) electrons. The number of hydrogen-bond acceptors (Lipinski definition) is 3. The second-order valence-corrected chi connectivity index (χ2v) is 2.75. The van der Waals surface area contributed by atoms with Gasteiger partial charge in [0.05, 0.1) is 6.20 Å². The van der Waals surface area contributed by atoms with Crippen molar-refractivity contribution in [3.63, 3.8) is 0 Å². The molecule has 0 unspecified atom stereocenters. The standard InChI is InChI=1S/C8H15N3O/c1-2-11-6-7(5-10-11)8(9)3-4-12/h5-6,8,12H,2-4,9H2,1H3/t8-/m1/s1. The SMILES string of the molecule is CCn1cc([C@H](N)CCO)cn1. The molecule has 0 aliphatic heterocycles. The first kappa shape index (κ1) is 9.22. The van der Waals surface area contributed by atoms with Gasteiger partial charge in [-0.3, -0.25) is 4.68 Å². The largest absolute Gasteiger partial charge is 0.396 e. The lowest BCUT2D eigenvalue weighted by Crippen LogP contribution is -2.11. The summed E-state index contributed by atoms with van der Waals surface area (Å²) in [6, 6.07) is -0.0877. The van der Waals surface area contributed by atoms with Gasteiger partial charge in [-0.1, -0.05) is 0 Å². The number of nitrogens with two attached hydrogens (primary N) is 1. The topological polar surface area (TPSA) is 64.1 Å². The first-order valence-electron chi connectivity index (χ1n) is 4.16. The summed E-state index contributed by atoms with van der Waals surface area (Å²) in [6.07, 6.45) is 4.26. The Hall–Kier alpha value is -0.870. The molecule has 0 amide bonds. The fraction of sp³-hybridized carbons (Fsp3) is 0.625. The van der Waals surface area contributed by atoms with Crippen molar-refractivity contribution >= 4 is 0 Å². The monoisotopic (exact) mass is 169 g/mol. The quantitative estimate of drug-likeness (QED) is 0.680. The summed E-state index contributed by atoms with van der Waals surface area (Å²) in [4.78, 5) is 0. The first-order chi connectivity index (χ1) is 5.77. The van der Waals surface area contributed by atoms with Crippen LogP contribution in [0.2, 0.25) is 0 Å². The van der Waals surface area contributed by atoms with E-state index in [4.69, 9.17) is 10.8 Å². The molecule has 1 rings (SSSR count). The molecule has 1 aromatic rings. The molecule has 0 bridgehead atoms. The van der Waals surface area contributed by atoms with Gasteiger partial charge in [-0.25, -0.2) is 0 Å². The van der Waals surface area contributed by atoms with Crippen LogP contribution in [-0.4, -0.2) is 21.5 Å². The maximum Gasteiger partial charge on any atom is 0.0537 e. The molecule has 0 fully saturated rings. The smallest absolute Gasteiger partial charge is 0.0537 e. The molecule has 4 heteroatoms. The average molecular weight is 169 g/mol. The molecule has 0 saturated carbocycles. The van der Waals surface area contributed by atoms with Gasteiger partial charge in [-0.2, -0.15) is 5.10 Å². The highest BCUT2D eigenvalue weighted by molar-refractivity contribution is 5.09. The molecule has 68 valence electrons. The average Bonchev–Trinajstić information content (AvgIpc) is 2.52. The van der Waals surface area contributed by atoms with Gasteiger partial charge in [-0.15, -0.1) is 0 Å². The Bertz CT molecular complexity index is 234. The zero-order valence-corrected chi connectivity index (χ0v) is 7.27. The maximum atomic E-state index is 8.65. The number of aryl methyl sites for hydroxylation is 1. The zero-order chi connectivity index (χ0) is 8.97. The van der Waals surface area contributed by atoms with Crippen LogP contribution in [0.5, 0.6) is 0 Å². The van der Waals surface area contributed by atoms with E-state index in [9.17, 15) is 0 Å². The molecule has 3 N–H and O–H groups in total. The summed E-state index contributed by atoms with van der Waals surface area (Å²) in [6.45, 7) is 3.00.